The van der Waals surface area contributed by atoms with Gasteiger partial charge in [-0.1, -0.05) is 36.8 Å². The van der Waals surface area contributed by atoms with Gasteiger partial charge in [-0.15, -0.1) is 17.0 Å². The Morgan fingerprint density at radius 1 is 1.24 bits per heavy atom. The van der Waals surface area contributed by atoms with Crippen molar-refractivity contribution in [1.82, 2.24) is 4.90 Å². The van der Waals surface area contributed by atoms with Crippen LogP contribution in [0.25, 0.3) is 0 Å². The van der Waals surface area contributed by atoms with E-state index in [2.05, 4.69) is 11.9 Å². The van der Waals surface area contributed by atoms with Crippen LogP contribution in [0.15, 0.2) is 30.3 Å². The lowest BCUT2D eigenvalue weighted by Crippen LogP contribution is -2.49. The minimum atomic E-state index is -0.740. The van der Waals surface area contributed by atoms with Crippen LogP contribution < -0.4 is 0 Å². The molecule has 1 fully saturated rings. The molecule has 0 radical (unpaired) electrons. The lowest BCUT2D eigenvalue weighted by molar-refractivity contribution is -0.0450. The molecule has 3 heteroatoms. The second-order valence-electron chi connectivity index (χ2n) is 5.01. The fourth-order valence-corrected chi connectivity index (χ4v) is 2.75. The summed E-state index contributed by atoms with van der Waals surface area (Å²) in [7, 11) is 2.11. The molecule has 0 aliphatic carbocycles. The Kier molecular flexibility index (Phi) is 5.17. The molecule has 2 atom stereocenters. The van der Waals surface area contributed by atoms with Crippen LogP contribution in [0.4, 0.5) is 0 Å². The second kappa shape index (κ2) is 5.98. The van der Waals surface area contributed by atoms with E-state index in [1.54, 1.807) is 0 Å². The molecular formula is C14H22BrNO. The predicted octanol–water partition coefficient (Wildman–Crippen LogP) is 2.96. The van der Waals surface area contributed by atoms with Gasteiger partial charge in [0.2, 0.25) is 0 Å². The minimum absolute atomic E-state index is 0. The maximum atomic E-state index is 10.7. The smallest absolute Gasteiger partial charge is 0.102 e. The molecule has 0 bridgehead atoms. The van der Waals surface area contributed by atoms with Crippen molar-refractivity contribution in [2.45, 2.75) is 37.8 Å². The first-order valence-electron chi connectivity index (χ1n) is 6.10. The fourth-order valence-electron chi connectivity index (χ4n) is 2.75. The maximum absolute atomic E-state index is 10.7. The molecule has 0 spiro atoms. The summed E-state index contributed by atoms with van der Waals surface area (Å²) in [5.41, 5.74) is 0.282. The zero-order chi connectivity index (χ0) is 11.6. The summed E-state index contributed by atoms with van der Waals surface area (Å²) in [5.74, 6) is 0. The van der Waals surface area contributed by atoms with Gasteiger partial charge in [0, 0.05) is 6.04 Å². The number of likely N-dealkylation sites (tertiary alicyclic amines) is 1. The van der Waals surface area contributed by atoms with Gasteiger partial charge in [0.05, 0.1) is 0 Å². The molecule has 0 amide bonds. The van der Waals surface area contributed by atoms with Crippen LogP contribution in [0, 0.1) is 0 Å². The molecule has 1 saturated heterocycles. The van der Waals surface area contributed by atoms with Crippen LogP contribution in [0.3, 0.4) is 0 Å². The topological polar surface area (TPSA) is 23.5 Å². The molecule has 1 aromatic rings. The molecular weight excluding hydrogens is 278 g/mol. The van der Waals surface area contributed by atoms with Crippen molar-refractivity contribution in [3.05, 3.63) is 35.9 Å². The number of halogens is 1. The Balaban J connectivity index is 0.00000144. The summed E-state index contributed by atoms with van der Waals surface area (Å²) < 4.78 is 0. The number of hydrogen-bond donors (Lipinski definition) is 1. The number of nitrogens with zero attached hydrogens (tertiary/aromatic N) is 1. The van der Waals surface area contributed by atoms with Gasteiger partial charge in [-0.05, 0) is 38.9 Å². The van der Waals surface area contributed by atoms with E-state index in [1.165, 1.54) is 12.8 Å². The van der Waals surface area contributed by atoms with Crippen LogP contribution in [0.5, 0.6) is 0 Å². The average molecular weight is 300 g/mol. The average Bonchev–Trinajstić information content (AvgIpc) is 2.30. The normalized spacial score (nSPS) is 24.8. The highest BCUT2D eigenvalue weighted by Gasteiger charge is 2.37. The summed E-state index contributed by atoms with van der Waals surface area (Å²) in [6.45, 7) is 3.03. The van der Waals surface area contributed by atoms with Crippen molar-refractivity contribution in [2.75, 3.05) is 13.6 Å². The van der Waals surface area contributed by atoms with Crippen LogP contribution in [0.1, 0.15) is 31.7 Å². The van der Waals surface area contributed by atoms with Gasteiger partial charge in [0.25, 0.3) is 0 Å². The van der Waals surface area contributed by atoms with Crippen molar-refractivity contribution in [3.63, 3.8) is 0 Å². The molecule has 96 valence electrons. The van der Waals surface area contributed by atoms with Gasteiger partial charge < -0.3 is 10.0 Å². The maximum Gasteiger partial charge on any atom is 0.102 e. The van der Waals surface area contributed by atoms with E-state index in [9.17, 15) is 5.11 Å². The molecule has 2 nitrogen and oxygen atoms in total. The molecule has 1 aliphatic rings. The summed E-state index contributed by atoms with van der Waals surface area (Å²) in [6.07, 6.45) is 3.55. The van der Waals surface area contributed by atoms with Crippen LogP contribution in [-0.4, -0.2) is 29.6 Å². The standard InChI is InChI=1S/C14H21NO.BrH/c1-14(16,12-8-4-3-5-9-12)13-10-6-7-11-15(13)2;/h3-5,8-9,13,16H,6-7,10-11H2,1-2H3;1H. The van der Waals surface area contributed by atoms with Crippen molar-refractivity contribution < 1.29 is 5.11 Å². The van der Waals surface area contributed by atoms with Crippen LogP contribution in [-0.2, 0) is 5.60 Å². The third-order valence-corrected chi connectivity index (χ3v) is 3.78. The van der Waals surface area contributed by atoms with E-state index in [0.29, 0.717) is 0 Å². The van der Waals surface area contributed by atoms with Gasteiger partial charge in [-0.2, -0.15) is 0 Å². The second-order valence-corrected chi connectivity index (χ2v) is 5.01. The number of likely N-dealkylation sites (N-methyl/N-ethyl adjacent to an activating group) is 1. The Bertz CT molecular complexity index is 339. The third kappa shape index (κ3) is 3.09. The van der Waals surface area contributed by atoms with Gasteiger partial charge in [0.15, 0.2) is 0 Å². The van der Waals surface area contributed by atoms with Gasteiger partial charge in [0.1, 0.15) is 5.60 Å². The van der Waals surface area contributed by atoms with E-state index >= 15 is 0 Å². The highest BCUT2D eigenvalue weighted by Crippen LogP contribution is 2.32. The molecule has 0 saturated carbocycles. The minimum Gasteiger partial charge on any atom is -0.384 e. The Hall–Kier alpha value is -0.380. The molecule has 1 aromatic carbocycles. The number of hydrogen-bond acceptors (Lipinski definition) is 2. The van der Waals surface area contributed by atoms with Crippen molar-refractivity contribution >= 4 is 17.0 Å². The first-order chi connectivity index (χ1) is 7.62. The lowest BCUT2D eigenvalue weighted by Gasteiger charge is -2.42. The molecule has 0 aromatic heterocycles. The lowest BCUT2D eigenvalue weighted by atomic mass is 9.83. The molecule has 2 rings (SSSR count). The SMILES string of the molecule is Br.CN1CCCCC1C(C)(O)c1ccccc1. The van der Waals surface area contributed by atoms with E-state index in [0.717, 1.165) is 18.5 Å². The zero-order valence-corrected chi connectivity index (χ0v) is 12.3. The quantitative estimate of drug-likeness (QED) is 0.907. The van der Waals surface area contributed by atoms with Crippen LogP contribution >= 0.6 is 17.0 Å². The highest BCUT2D eigenvalue weighted by atomic mass is 79.9. The molecule has 1 aliphatic heterocycles. The number of rotatable bonds is 2. The van der Waals surface area contributed by atoms with Gasteiger partial charge >= 0.3 is 0 Å². The molecule has 1 heterocycles. The first kappa shape index (κ1) is 14.7. The van der Waals surface area contributed by atoms with E-state index < -0.39 is 5.60 Å². The van der Waals surface area contributed by atoms with E-state index in [4.69, 9.17) is 0 Å². The molecule has 2 unspecified atom stereocenters. The zero-order valence-electron chi connectivity index (χ0n) is 10.6. The number of aliphatic hydroxyl groups is 1. The largest absolute Gasteiger partial charge is 0.384 e. The summed E-state index contributed by atoms with van der Waals surface area (Å²) in [4.78, 5) is 2.29. The Labute approximate surface area is 114 Å². The number of piperidine rings is 1. The number of benzene rings is 1. The van der Waals surface area contributed by atoms with E-state index in [1.807, 2.05) is 37.3 Å². The van der Waals surface area contributed by atoms with E-state index in [-0.39, 0.29) is 23.0 Å². The first-order valence-corrected chi connectivity index (χ1v) is 6.10. The van der Waals surface area contributed by atoms with Crippen molar-refractivity contribution in [3.8, 4) is 0 Å². The Morgan fingerprint density at radius 3 is 2.47 bits per heavy atom. The summed E-state index contributed by atoms with van der Waals surface area (Å²) >= 11 is 0. The Morgan fingerprint density at radius 2 is 1.88 bits per heavy atom. The third-order valence-electron chi connectivity index (χ3n) is 3.78. The summed E-state index contributed by atoms with van der Waals surface area (Å²) in [6, 6.07) is 10.2. The monoisotopic (exact) mass is 299 g/mol. The summed E-state index contributed by atoms with van der Waals surface area (Å²) in [5, 5.41) is 10.7. The molecule has 17 heavy (non-hydrogen) atoms. The van der Waals surface area contributed by atoms with Gasteiger partial charge in [-0.25, -0.2) is 0 Å². The molecule has 1 N–H and O–H groups in total. The van der Waals surface area contributed by atoms with Crippen molar-refractivity contribution in [1.29, 1.82) is 0 Å². The van der Waals surface area contributed by atoms with Crippen molar-refractivity contribution in [2.24, 2.45) is 0 Å². The van der Waals surface area contributed by atoms with Crippen LogP contribution in [0.2, 0.25) is 0 Å². The predicted molar refractivity (Wildman–Crippen MR) is 76.6 cm³/mol. The fraction of sp³-hybridized carbons (Fsp3) is 0.571. The highest BCUT2D eigenvalue weighted by molar-refractivity contribution is 8.93. The van der Waals surface area contributed by atoms with Gasteiger partial charge in [-0.3, -0.25) is 0 Å².